The highest BCUT2D eigenvalue weighted by atomic mass is 32.2. The van der Waals surface area contributed by atoms with Crippen molar-refractivity contribution in [3.63, 3.8) is 0 Å². The molecule has 0 aliphatic rings. The molecule has 0 aliphatic heterocycles. The Morgan fingerprint density at radius 2 is 2.25 bits per heavy atom. The minimum atomic E-state index is -3.76. The number of rotatable bonds is 5. The zero-order valence-corrected chi connectivity index (χ0v) is 12.4. The molecule has 0 saturated carbocycles. The van der Waals surface area contributed by atoms with Crippen LogP contribution in [0.15, 0.2) is 17.3 Å². The third kappa shape index (κ3) is 2.54. The Kier molecular flexibility index (Phi) is 3.82. The van der Waals surface area contributed by atoms with Gasteiger partial charge in [0.15, 0.2) is 5.82 Å². The number of sulfonamides is 1. The van der Waals surface area contributed by atoms with Crippen molar-refractivity contribution in [2.24, 2.45) is 7.05 Å². The van der Waals surface area contributed by atoms with Crippen LogP contribution in [0.1, 0.15) is 30.9 Å². The molecule has 1 unspecified atom stereocenters. The summed E-state index contributed by atoms with van der Waals surface area (Å²) in [5.41, 5.74) is 6.18. The minimum absolute atomic E-state index is 0.00759. The molecule has 20 heavy (non-hydrogen) atoms. The lowest BCUT2D eigenvalue weighted by Gasteiger charge is -2.15. The molecule has 0 aliphatic carbocycles. The van der Waals surface area contributed by atoms with Crippen LogP contribution in [0, 0.1) is 6.92 Å². The first kappa shape index (κ1) is 14.5. The topological polar surface area (TPSA) is 119 Å². The number of nitrogens with zero attached hydrogens (tertiary/aromatic N) is 3. The van der Waals surface area contributed by atoms with Crippen molar-refractivity contribution in [1.82, 2.24) is 24.5 Å². The van der Waals surface area contributed by atoms with E-state index in [-0.39, 0.29) is 10.7 Å². The Morgan fingerprint density at radius 1 is 1.55 bits per heavy atom. The second-order valence-corrected chi connectivity index (χ2v) is 6.13. The molecule has 0 saturated heterocycles. The average molecular weight is 298 g/mol. The summed E-state index contributed by atoms with van der Waals surface area (Å²) in [6.07, 6.45) is 3.79. The summed E-state index contributed by atoms with van der Waals surface area (Å²) >= 11 is 0. The van der Waals surface area contributed by atoms with Crippen molar-refractivity contribution in [3.8, 4) is 0 Å². The van der Waals surface area contributed by atoms with Crippen LogP contribution in [0.25, 0.3) is 0 Å². The number of imidazole rings is 1. The van der Waals surface area contributed by atoms with Crippen LogP contribution in [0.5, 0.6) is 0 Å². The first-order valence-electron chi connectivity index (χ1n) is 6.17. The number of aromatic nitrogens is 4. The van der Waals surface area contributed by atoms with E-state index in [0.717, 1.165) is 0 Å². The van der Waals surface area contributed by atoms with Crippen LogP contribution >= 0.6 is 0 Å². The van der Waals surface area contributed by atoms with Crippen LogP contribution < -0.4 is 10.5 Å². The SMILES string of the molecule is CCC(NS(=O)(=O)c1c(N)nn(C)c1C)c1ncc[nH]1. The second-order valence-electron chi connectivity index (χ2n) is 4.48. The lowest BCUT2D eigenvalue weighted by atomic mass is 10.2. The van der Waals surface area contributed by atoms with E-state index in [1.165, 1.54) is 4.68 Å². The molecular weight excluding hydrogens is 280 g/mol. The first-order chi connectivity index (χ1) is 9.36. The van der Waals surface area contributed by atoms with Gasteiger partial charge in [-0.15, -0.1) is 0 Å². The van der Waals surface area contributed by atoms with E-state index in [9.17, 15) is 8.42 Å². The van der Waals surface area contributed by atoms with Crippen molar-refractivity contribution in [1.29, 1.82) is 0 Å². The summed E-state index contributed by atoms with van der Waals surface area (Å²) in [4.78, 5) is 7.01. The summed E-state index contributed by atoms with van der Waals surface area (Å²) < 4.78 is 29.0. The molecule has 2 rings (SSSR count). The van der Waals surface area contributed by atoms with Crippen molar-refractivity contribution in [2.45, 2.75) is 31.2 Å². The number of nitrogens with two attached hydrogens (primary N) is 1. The van der Waals surface area contributed by atoms with E-state index in [0.29, 0.717) is 17.9 Å². The van der Waals surface area contributed by atoms with Crippen LogP contribution in [-0.4, -0.2) is 28.2 Å². The number of hydrogen-bond acceptors (Lipinski definition) is 5. The largest absolute Gasteiger partial charge is 0.381 e. The molecule has 2 heterocycles. The number of hydrogen-bond donors (Lipinski definition) is 3. The zero-order valence-electron chi connectivity index (χ0n) is 11.6. The summed E-state index contributed by atoms with van der Waals surface area (Å²) in [5.74, 6) is 0.558. The quantitative estimate of drug-likeness (QED) is 0.741. The van der Waals surface area contributed by atoms with Gasteiger partial charge in [-0.2, -0.15) is 5.10 Å². The molecule has 0 amide bonds. The molecule has 2 aromatic rings. The Balaban J connectivity index is 2.36. The Hall–Kier alpha value is -1.87. The number of nitrogens with one attached hydrogen (secondary N) is 2. The fraction of sp³-hybridized carbons (Fsp3) is 0.455. The maximum Gasteiger partial charge on any atom is 0.246 e. The van der Waals surface area contributed by atoms with Gasteiger partial charge >= 0.3 is 0 Å². The number of H-pyrrole nitrogens is 1. The Labute approximate surface area is 117 Å². The predicted molar refractivity (Wildman–Crippen MR) is 74.3 cm³/mol. The molecule has 110 valence electrons. The molecule has 9 heteroatoms. The summed E-state index contributed by atoms with van der Waals surface area (Å²) in [7, 11) is -2.11. The van der Waals surface area contributed by atoms with Crippen LogP contribution in [0.3, 0.4) is 0 Å². The molecule has 0 spiro atoms. The number of anilines is 1. The number of nitrogen functional groups attached to an aromatic ring is 1. The van der Waals surface area contributed by atoms with Gasteiger partial charge in [-0.25, -0.2) is 18.1 Å². The minimum Gasteiger partial charge on any atom is -0.381 e. The van der Waals surface area contributed by atoms with Gasteiger partial charge in [-0.05, 0) is 13.3 Å². The lowest BCUT2D eigenvalue weighted by Crippen LogP contribution is -2.29. The highest BCUT2D eigenvalue weighted by Gasteiger charge is 2.28. The first-order valence-corrected chi connectivity index (χ1v) is 7.65. The van der Waals surface area contributed by atoms with Crippen LogP contribution in [0.2, 0.25) is 0 Å². The van der Waals surface area contributed by atoms with Crippen molar-refractivity contribution < 1.29 is 8.42 Å². The third-order valence-electron chi connectivity index (χ3n) is 3.13. The summed E-state index contributed by atoms with van der Waals surface area (Å²) in [6, 6.07) is -0.436. The smallest absolute Gasteiger partial charge is 0.246 e. The lowest BCUT2D eigenvalue weighted by molar-refractivity contribution is 0.539. The summed E-state index contributed by atoms with van der Waals surface area (Å²) in [5, 5.41) is 3.92. The highest BCUT2D eigenvalue weighted by Crippen LogP contribution is 2.23. The molecule has 0 aromatic carbocycles. The molecule has 0 bridgehead atoms. The van der Waals surface area contributed by atoms with Crippen molar-refractivity contribution in [2.75, 3.05) is 5.73 Å². The van der Waals surface area contributed by atoms with E-state index in [1.807, 2.05) is 6.92 Å². The molecule has 0 radical (unpaired) electrons. The zero-order chi connectivity index (χ0) is 14.9. The molecule has 8 nitrogen and oxygen atoms in total. The van der Waals surface area contributed by atoms with Gasteiger partial charge in [-0.3, -0.25) is 4.68 Å². The van der Waals surface area contributed by atoms with Crippen LogP contribution in [-0.2, 0) is 17.1 Å². The molecule has 1 atom stereocenters. The average Bonchev–Trinajstić information content (AvgIpc) is 2.96. The maximum atomic E-state index is 12.5. The van der Waals surface area contributed by atoms with Gasteiger partial charge < -0.3 is 10.7 Å². The standard InChI is InChI=1S/C11H18N6O2S/c1-4-8(11-13-5-6-14-11)16-20(18,19)9-7(2)17(3)15-10(9)12/h5-6,8,16H,4H2,1-3H3,(H2,12,15)(H,13,14). The normalized spacial score (nSPS) is 13.6. The van der Waals surface area contributed by atoms with Gasteiger partial charge in [0.25, 0.3) is 0 Å². The van der Waals surface area contributed by atoms with Gasteiger partial charge in [0, 0.05) is 19.4 Å². The van der Waals surface area contributed by atoms with E-state index >= 15 is 0 Å². The van der Waals surface area contributed by atoms with E-state index in [4.69, 9.17) is 5.73 Å². The van der Waals surface area contributed by atoms with Gasteiger partial charge in [0.05, 0.1) is 11.7 Å². The monoisotopic (exact) mass is 298 g/mol. The Morgan fingerprint density at radius 3 is 2.70 bits per heavy atom. The number of aryl methyl sites for hydroxylation is 1. The molecule has 4 N–H and O–H groups in total. The molecular formula is C11H18N6O2S. The fourth-order valence-corrected chi connectivity index (χ4v) is 3.60. The molecule has 2 aromatic heterocycles. The van der Waals surface area contributed by atoms with E-state index < -0.39 is 16.1 Å². The fourth-order valence-electron chi connectivity index (χ4n) is 1.99. The highest BCUT2D eigenvalue weighted by molar-refractivity contribution is 7.89. The summed E-state index contributed by atoms with van der Waals surface area (Å²) in [6.45, 7) is 3.53. The van der Waals surface area contributed by atoms with E-state index in [1.54, 1.807) is 26.4 Å². The van der Waals surface area contributed by atoms with Gasteiger partial charge in [-0.1, -0.05) is 6.92 Å². The van der Waals surface area contributed by atoms with Crippen LogP contribution in [0.4, 0.5) is 5.82 Å². The second kappa shape index (κ2) is 5.25. The van der Waals surface area contributed by atoms with Gasteiger partial charge in [0.1, 0.15) is 10.7 Å². The number of aromatic amines is 1. The predicted octanol–water partition coefficient (Wildman–Crippen LogP) is 0.463. The Bertz CT molecular complexity index is 689. The van der Waals surface area contributed by atoms with Gasteiger partial charge in [0.2, 0.25) is 10.0 Å². The maximum absolute atomic E-state index is 12.5. The third-order valence-corrected chi connectivity index (χ3v) is 4.77. The van der Waals surface area contributed by atoms with Crippen molar-refractivity contribution >= 4 is 15.8 Å². The molecule has 0 fully saturated rings. The van der Waals surface area contributed by atoms with E-state index in [2.05, 4.69) is 19.8 Å². The van der Waals surface area contributed by atoms with Crippen molar-refractivity contribution in [3.05, 3.63) is 23.9 Å².